The Morgan fingerprint density at radius 3 is 2.75 bits per heavy atom. The van der Waals surface area contributed by atoms with E-state index in [0.29, 0.717) is 23.0 Å². The number of nitriles is 1. The summed E-state index contributed by atoms with van der Waals surface area (Å²) >= 11 is 0. The molecule has 0 saturated carbocycles. The molecule has 8 nitrogen and oxygen atoms in total. The molecular weight excluding hydrogens is 256 g/mol. The van der Waals surface area contributed by atoms with Crippen LogP contribution in [0.5, 0.6) is 0 Å². The Labute approximate surface area is 115 Å². The third-order valence-corrected chi connectivity index (χ3v) is 3.20. The zero-order chi connectivity index (χ0) is 13.9. The van der Waals surface area contributed by atoms with Crippen LogP contribution in [-0.4, -0.2) is 45.9 Å². The average molecular weight is 270 g/mol. The molecule has 1 saturated heterocycles. The molecule has 3 rings (SSSR count). The molecule has 0 aliphatic carbocycles. The van der Waals surface area contributed by atoms with Crippen LogP contribution in [0, 0.1) is 11.3 Å². The fraction of sp³-hybridized carbons (Fsp3) is 0.333. The predicted molar refractivity (Wildman–Crippen MR) is 73.4 cm³/mol. The van der Waals surface area contributed by atoms with E-state index in [9.17, 15) is 5.26 Å². The number of nitrogens with one attached hydrogen (secondary N) is 1. The van der Waals surface area contributed by atoms with Gasteiger partial charge in [0.2, 0.25) is 0 Å². The number of nitrogen functional groups attached to an aromatic ring is 1. The zero-order valence-corrected chi connectivity index (χ0v) is 10.8. The molecule has 1 fully saturated rings. The van der Waals surface area contributed by atoms with Crippen molar-refractivity contribution in [3.63, 3.8) is 0 Å². The van der Waals surface area contributed by atoms with Gasteiger partial charge in [-0.1, -0.05) is 0 Å². The van der Waals surface area contributed by atoms with Gasteiger partial charge >= 0.3 is 0 Å². The van der Waals surface area contributed by atoms with Crippen molar-refractivity contribution in [3.8, 4) is 11.9 Å². The van der Waals surface area contributed by atoms with E-state index < -0.39 is 0 Å². The topological polar surface area (TPSA) is 109 Å². The third kappa shape index (κ3) is 2.04. The van der Waals surface area contributed by atoms with Gasteiger partial charge in [0.15, 0.2) is 11.6 Å². The average Bonchev–Trinajstić information content (AvgIpc) is 2.86. The number of anilines is 2. The van der Waals surface area contributed by atoms with Gasteiger partial charge in [-0.15, -0.1) is 5.10 Å². The number of hydrogen-bond acceptors (Lipinski definition) is 7. The molecule has 0 spiro atoms. The van der Waals surface area contributed by atoms with Crippen molar-refractivity contribution in [1.29, 1.82) is 5.26 Å². The lowest BCUT2D eigenvalue weighted by Gasteiger charge is -2.27. The third-order valence-electron chi connectivity index (χ3n) is 3.20. The summed E-state index contributed by atoms with van der Waals surface area (Å²) in [7, 11) is 0. The van der Waals surface area contributed by atoms with Gasteiger partial charge in [0.25, 0.3) is 0 Å². The standard InChI is InChI=1S/C12H14N8/c13-7-9-11(14)20(10-8-16-1-2-17-10)18-12(9)19-5-3-15-4-6-19/h1-2,8,15H,3-6,14H2. The van der Waals surface area contributed by atoms with Gasteiger partial charge < -0.3 is 16.0 Å². The largest absolute Gasteiger partial charge is 0.382 e. The summed E-state index contributed by atoms with van der Waals surface area (Å²) < 4.78 is 1.46. The minimum atomic E-state index is 0.293. The predicted octanol–water partition coefficient (Wildman–Crippen LogP) is -0.474. The molecule has 2 aromatic heterocycles. The van der Waals surface area contributed by atoms with E-state index in [1.807, 2.05) is 0 Å². The molecule has 0 amide bonds. The molecular formula is C12H14N8. The second-order valence-electron chi connectivity index (χ2n) is 4.41. The van der Waals surface area contributed by atoms with Crippen LogP contribution in [0.1, 0.15) is 5.56 Å². The van der Waals surface area contributed by atoms with Crippen LogP contribution in [0.15, 0.2) is 18.6 Å². The number of nitrogens with two attached hydrogens (primary N) is 1. The molecule has 8 heteroatoms. The van der Waals surface area contributed by atoms with E-state index in [1.165, 1.54) is 4.68 Å². The van der Waals surface area contributed by atoms with E-state index in [1.54, 1.807) is 18.6 Å². The molecule has 0 unspecified atom stereocenters. The highest BCUT2D eigenvalue weighted by atomic mass is 15.4. The lowest BCUT2D eigenvalue weighted by molar-refractivity contribution is 0.582. The van der Waals surface area contributed by atoms with Crippen molar-refractivity contribution >= 4 is 11.6 Å². The fourth-order valence-corrected chi connectivity index (χ4v) is 2.20. The maximum Gasteiger partial charge on any atom is 0.174 e. The smallest absolute Gasteiger partial charge is 0.174 e. The Balaban J connectivity index is 2.05. The summed E-state index contributed by atoms with van der Waals surface area (Å²) in [5.41, 5.74) is 6.41. The number of nitrogens with zero attached hydrogens (tertiary/aromatic N) is 6. The number of piperazine rings is 1. The second-order valence-corrected chi connectivity index (χ2v) is 4.41. The van der Waals surface area contributed by atoms with Crippen molar-refractivity contribution in [2.45, 2.75) is 0 Å². The molecule has 0 bridgehead atoms. The van der Waals surface area contributed by atoms with Gasteiger partial charge in [-0.25, -0.2) is 4.98 Å². The van der Waals surface area contributed by atoms with E-state index in [0.717, 1.165) is 26.2 Å². The molecule has 3 N–H and O–H groups in total. The number of rotatable bonds is 2. The SMILES string of the molecule is N#Cc1c(N2CCNCC2)nn(-c2cnccn2)c1N. The van der Waals surface area contributed by atoms with Crippen LogP contribution < -0.4 is 16.0 Å². The van der Waals surface area contributed by atoms with Crippen LogP contribution in [0.2, 0.25) is 0 Å². The molecule has 102 valence electrons. The van der Waals surface area contributed by atoms with Crippen LogP contribution in [-0.2, 0) is 0 Å². The van der Waals surface area contributed by atoms with Crippen molar-refractivity contribution in [3.05, 3.63) is 24.2 Å². The number of hydrogen-bond donors (Lipinski definition) is 2. The Morgan fingerprint density at radius 1 is 1.30 bits per heavy atom. The van der Waals surface area contributed by atoms with E-state index >= 15 is 0 Å². The van der Waals surface area contributed by atoms with Crippen molar-refractivity contribution in [2.24, 2.45) is 0 Å². The summed E-state index contributed by atoms with van der Waals surface area (Å²) in [4.78, 5) is 10.2. The highest BCUT2D eigenvalue weighted by molar-refractivity contribution is 5.66. The first-order valence-electron chi connectivity index (χ1n) is 6.32. The molecule has 0 atom stereocenters. The lowest BCUT2D eigenvalue weighted by atomic mass is 10.2. The molecule has 0 aromatic carbocycles. The summed E-state index contributed by atoms with van der Waals surface area (Å²) in [5.74, 6) is 1.40. The van der Waals surface area contributed by atoms with Crippen LogP contribution in [0.4, 0.5) is 11.6 Å². The highest BCUT2D eigenvalue weighted by Gasteiger charge is 2.23. The lowest BCUT2D eigenvalue weighted by Crippen LogP contribution is -2.44. The monoisotopic (exact) mass is 270 g/mol. The summed E-state index contributed by atoms with van der Waals surface area (Å²) in [6.45, 7) is 3.32. The molecule has 1 aliphatic rings. The zero-order valence-electron chi connectivity index (χ0n) is 10.8. The van der Waals surface area contributed by atoms with Crippen LogP contribution >= 0.6 is 0 Å². The van der Waals surface area contributed by atoms with Gasteiger partial charge in [-0.05, 0) is 0 Å². The quantitative estimate of drug-likeness (QED) is 0.759. The van der Waals surface area contributed by atoms with Gasteiger partial charge in [-0.3, -0.25) is 4.98 Å². The second kappa shape index (κ2) is 5.14. The maximum atomic E-state index is 9.33. The van der Waals surface area contributed by atoms with Gasteiger partial charge in [-0.2, -0.15) is 9.94 Å². The first kappa shape index (κ1) is 12.4. The molecule has 20 heavy (non-hydrogen) atoms. The van der Waals surface area contributed by atoms with Crippen LogP contribution in [0.3, 0.4) is 0 Å². The van der Waals surface area contributed by atoms with Crippen molar-refractivity contribution in [2.75, 3.05) is 36.8 Å². The van der Waals surface area contributed by atoms with Gasteiger partial charge in [0.05, 0.1) is 6.20 Å². The normalized spacial score (nSPS) is 15.1. The van der Waals surface area contributed by atoms with Gasteiger partial charge in [0.1, 0.15) is 17.5 Å². The van der Waals surface area contributed by atoms with E-state index in [2.05, 4.69) is 31.4 Å². The Morgan fingerprint density at radius 2 is 2.10 bits per heavy atom. The number of aromatic nitrogens is 4. The summed E-state index contributed by atoms with van der Waals surface area (Å²) in [6.07, 6.45) is 4.70. The summed E-state index contributed by atoms with van der Waals surface area (Å²) in [5, 5.41) is 17.0. The Kier molecular flexibility index (Phi) is 3.18. The molecule has 0 radical (unpaired) electrons. The van der Waals surface area contributed by atoms with Crippen molar-refractivity contribution < 1.29 is 0 Å². The molecule has 2 aromatic rings. The van der Waals surface area contributed by atoms with Crippen molar-refractivity contribution in [1.82, 2.24) is 25.1 Å². The molecule has 1 aliphatic heterocycles. The first-order valence-corrected chi connectivity index (χ1v) is 6.32. The van der Waals surface area contributed by atoms with E-state index in [-0.39, 0.29) is 0 Å². The minimum absolute atomic E-state index is 0.293. The maximum absolute atomic E-state index is 9.33. The Hall–Kier alpha value is -2.66. The van der Waals surface area contributed by atoms with E-state index in [4.69, 9.17) is 5.73 Å². The van der Waals surface area contributed by atoms with Gasteiger partial charge in [0, 0.05) is 38.6 Å². The molecule has 3 heterocycles. The fourth-order valence-electron chi connectivity index (χ4n) is 2.20. The summed E-state index contributed by atoms with van der Waals surface area (Å²) in [6, 6.07) is 2.13. The highest BCUT2D eigenvalue weighted by Crippen LogP contribution is 2.26. The Bertz CT molecular complexity index is 635. The first-order chi connectivity index (χ1) is 9.81. The minimum Gasteiger partial charge on any atom is -0.382 e. The van der Waals surface area contributed by atoms with Crippen LogP contribution in [0.25, 0.3) is 5.82 Å².